The molecule has 0 aliphatic rings. The van der Waals surface area contributed by atoms with E-state index in [0.717, 1.165) is 12.1 Å². The lowest BCUT2D eigenvalue weighted by molar-refractivity contribution is 0.321. The van der Waals surface area contributed by atoms with E-state index in [-0.39, 0.29) is 11.5 Å². The van der Waals surface area contributed by atoms with Crippen LogP contribution in [0.5, 0.6) is 17.2 Å². The quantitative estimate of drug-likeness (QED) is 0.867. The van der Waals surface area contributed by atoms with Gasteiger partial charge in [-0.25, -0.2) is 0 Å². The van der Waals surface area contributed by atoms with Crippen molar-refractivity contribution in [1.82, 2.24) is 5.32 Å². The van der Waals surface area contributed by atoms with Gasteiger partial charge in [0.05, 0.1) is 21.3 Å². The van der Waals surface area contributed by atoms with Gasteiger partial charge in [-0.2, -0.15) is 0 Å². The van der Waals surface area contributed by atoms with Crippen LogP contribution >= 0.6 is 0 Å². The summed E-state index contributed by atoms with van der Waals surface area (Å²) in [4.78, 5) is 0. The molecule has 0 saturated heterocycles. The highest BCUT2D eigenvalue weighted by Gasteiger charge is 2.17. The van der Waals surface area contributed by atoms with Gasteiger partial charge in [-0.3, -0.25) is 0 Å². The van der Waals surface area contributed by atoms with E-state index in [9.17, 15) is 0 Å². The van der Waals surface area contributed by atoms with E-state index in [4.69, 9.17) is 14.2 Å². The second-order valence-electron chi connectivity index (χ2n) is 6.12. The average Bonchev–Trinajstić information content (AvgIpc) is 2.42. The molecule has 0 radical (unpaired) electrons. The lowest BCUT2D eigenvalue weighted by Crippen LogP contribution is -2.29. The van der Waals surface area contributed by atoms with E-state index >= 15 is 0 Å². The average molecular weight is 281 g/mol. The second-order valence-corrected chi connectivity index (χ2v) is 6.12. The van der Waals surface area contributed by atoms with Crippen LogP contribution in [0.15, 0.2) is 12.1 Å². The first-order valence-corrected chi connectivity index (χ1v) is 6.85. The molecule has 0 fully saturated rings. The Morgan fingerprint density at radius 1 is 1.00 bits per heavy atom. The summed E-state index contributed by atoms with van der Waals surface area (Å²) < 4.78 is 16.1. The number of methoxy groups -OCH3 is 3. The van der Waals surface area contributed by atoms with Gasteiger partial charge in [0.25, 0.3) is 0 Å². The minimum absolute atomic E-state index is 0.211. The van der Waals surface area contributed by atoms with Crippen molar-refractivity contribution in [3.63, 3.8) is 0 Å². The Morgan fingerprint density at radius 2 is 1.50 bits per heavy atom. The first kappa shape index (κ1) is 16.6. The second kappa shape index (κ2) is 6.84. The standard InChI is InChI=1S/C16H27NO3/c1-11(17-10-16(2,3)4)12-8-13(18-5)15(20-7)14(9-12)19-6/h8-9,11,17H,10H2,1-7H3. The van der Waals surface area contributed by atoms with Crippen LogP contribution in [0.2, 0.25) is 0 Å². The molecule has 1 atom stereocenters. The fourth-order valence-corrected chi connectivity index (χ4v) is 1.93. The van der Waals surface area contributed by atoms with Crippen molar-refractivity contribution in [2.24, 2.45) is 5.41 Å². The van der Waals surface area contributed by atoms with Crippen molar-refractivity contribution in [1.29, 1.82) is 0 Å². The van der Waals surface area contributed by atoms with Crippen molar-refractivity contribution in [2.45, 2.75) is 33.7 Å². The SMILES string of the molecule is COc1cc(C(C)NCC(C)(C)C)cc(OC)c1OC. The van der Waals surface area contributed by atoms with Gasteiger partial charge in [0.2, 0.25) is 5.75 Å². The van der Waals surface area contributed by atoms with Gasteiger partial charge in [0.1, 0.15) is 0 Å². The molecule has 0 aliphatic carbocycles. The van der Waals surface area contributed by atoms with Crippen LogP contribution in [0, 0.1) is 5.41 Å². The molecule has 1 rings (SSSR count). The van der Waals surface area contributed by atoms with Crippen LogP contribution in [-0.2, 0) is 0 Å². The summed E-state index contributed by atoms with van der Waals surface area (Å²) in [7, 11) is 4.88. The van der Waals surface area contributed by atoms with E-state index in [1.807, 2.05) is 12.1 Å². The molecule has 114 valence electrons. The molecule has 20 heavy (non-hydrogen) atoms. The van der Waals surface area contributed by atoms with Crippen molar-refractivity contribution in [3.8, 4) is 17.2 Å². The van der Waals surface area contributed by atoms with E-state index in [0.29, 0.717) is 17.2 Å². The molecule has 1 N–H and O–H groups in total. The molecule has 0 bridgehead atoms. The first-order chi connectivity index (χ1) is 9.32. The highest BCUT2D eigenvalue weighted by atomic mass is 16.5. The number of hydrogen-bond acceptors (Lipinski definition) is 4. The Bertz CT molecular complexity index is 413. The Morgan fingerprint density at radius 3 is 1.85 bits per heavy atom. The van der Waals surface area contributed by atoms with Gasteiger partial charge < -0.3 is 19.5 Å². The molecule has 1 aromatic rings. The number of ether oxygens (including phenoxy) is 3. The lowest BCUT2D eigenvalue weighted by atomic mass is 9.96. The van der Waals surface area contributed by atoms with Gasteiger partial charge in [0, 0.05) is 12.6 Å². The molecule has 0 amide bonds. The van der Waals surface area contributed by atoms with Gasteiger partial charge in [-0.15, -0.1) is 0 Å². The van der Waals surface area contributed by atoms with E-state index in [2.05, 4.69) is 33.0 Å². The van der Waals surface area contributed by atoms with Crippen LogP contribution in [0.3, 0.4) is 0 Å². The highest BCUT2D eigenvalue weighted by Crippen LogP contribution is 2.39. The molecule has 0 aromatic heterocycles. The van der Waals surface area contributed by atoms with Crippen molar-refractivity contribution in [2.75, 3.05) is 27.9 Å². The van der Waals surface area contributed by atoms with Gasteiger partial charge in [-0.1, -0.05) is 20.8 Å². The maximum absolute atomic E-state index is 5.38. The van der Waals surface area contributed by atoms with E-state index in [1.165, 1.54) is 0 Å². The summed E-state index contributed by atoms with van der Waals surface area (Å²) in [5, 5.41) is 3.53. The molecular formula is C16H27NO3. The third-order valence-corrected chi connectivity index (χ3v) is 3.13. The Kier molecular flexibility index (Phi) is 5.69. The summed E-state index contributed by atoms with van der Waals surface area (Å²) in [5.41, 5.74) is 1.36. The largest absolute Gasteiger partial charge is 0.493 e. The topological polar surface area (TPSA) is 39.7 Å². The van der Waals surface area contributed by atoms with Gasteiger partial charge in [-0.05, 0) is 30.0 Å². The van der Waals surface area contributed by atoms with Crippen LogP contribution < -0.4 is 19.5 Å². The minimum atomic E-state index is 0.211. The molecule has 0 spiro atoms. The molecule has 1 unspecified atom stereocenters. The Labute approximate surface area is 122 Å². The van der Waals surface area contributed by atoms with Crippen molar-refractivity contribution >= 4 is 0 Å². The normalized spacial score (nSPS) is 12.9. The zero-order valence-electron chi connectivity index (χ0n) is 13.7. The zero-order chi connectivity index (χ0) is 15.3. The fraction of sp³-hybridized carbons (Fsp3) is 0.625. The predicted octanol–water partition coefficient (Wildman–Crippen LogP) is 3.41. The molecule has 0 aliphatic heterocycles. The summed E-state index contributed by atoms with van der Waals surface area (Å²) in [6, 6.07) is 4.19. The first-order valence-electron chi connectivity index (χ1n) is 6.85. The van der Waals surface area contributed by atoms with Crippen LogP contribution in [0.1, 0.15) is 39.3 Å². The molecule has 0 saturated carbocycles. The Hall–Kier alpha value is -1.42. The fourth-order valence-electron chi connectivity index (χ4n) is 1.93. The smallest absolute Gasteiger partial charge is 0.203 e. The maximum atomic E-state index is 5.38. The molecule has 1 aromatic carbocycles. The van der Waals surface area contributed by atoms with E-state index in [1.54, 1.807) is 21.3 Å². The van der Waals surface area contributed by atoms with Crippen molar-refractivity contribution in [3.05, 3.63) is 17.7 Å². The summed E-state index contributed by atoms with van der Waals surface area (Å²) in [5.74, 6) is 2.00. The number of rotatable bonds is 6. The maximum Gasteiger partial charge on any atom is 0.203 e. The summed E-state index contributed by atoms with van der Waals surface area (Å²) in [6.07, 6.45) is 0. The zero-order valence-corrected chi connectivity index (χ0v) is 13.7. The lowest BCUT2D eigenvalue weighted by Gasteiger charge is -2.24. The number of benzene rings is 1. The van der Waals surface area contributed by atoms with Crippen LogP contribution in [-0.4, -0.2) is 27.9 Å². The number of nitrogens with one attached hydrogen (secondary N) is 1. The molecular weight excluding hydrogens is 254 g/mol. The molecule has 4 nitrogen and oxygen atoms in total. The molecule has 0 heterocycles. The van der Waals surface area contributed by atoms with Crippen LogP contribution in [0.4, 0.5) is 0 Å². The monoisotopic (exact) mass is 281 g/mol. The van der Waals surface area contributed by atoms with Gasteiger partial charge in [0.15, 0.2) is 11.5 Å². The third-order valence-electron chi connectivity index (χ3n) is 3.13. The highest BCUT2D eigenvalue weighted by molar-refractivity contribution is 5.54. The van der Waals surface area contributed by atoms with Crippen LogP contribution in [0.25, 0.3) is 0 Å². The van der Waals surface area contributed by atoms with Crippen molar-refractivity contribution < 1.29 is 14.2 Å². The molecule has 4 heteroatoms. The summed E-state index contributed by atoms with van der Waals surface area (Å²) in [6.45, 7) is 9.70. The predicted molar refractivity (Wildman–Crippen MR) is 82.0 cm³/mol. The van der Waals surface area contributed by atoms with Gasteiger partial charge >= 0.3 is 0 Å². The minimum Gasteiger partial charge on any atom is -0.493 e. The third kappa shape index (κ3) is 4.30. The van der Waals surface area contributed by atoms with E-state index < -0.39 is 0 Å². The Balaban J connectivity index is 3.00. The summed E-state index contributed by atoms with van der Waals surface area (Å²) >= 11 is 0. The number of hydrogen-bond donors (Lipinski definition) is 1.